The van der Waals surface area contributed by atoms with E-state index >= 15 is 0 Å². The van der Waals surface area contributed by atoms with Gasteiger partial charge in [-0.05, 0) is 32.0 Å². The number of rotatable bonds is 4. The van der Waals surface area contributed by atoms with Crippen LogP contribution in [-0.2, 0) is 6.67 Å². The third kappa shape index (κ3) is 2.44. The summed E-state index contributed by atoms with van der Waals surface area (Å²) in [7, 11) is 1.96. The van der Waals surface area contributed by atoms with Gasteiger partial charge < -0.3 is 5.32 Å². The van der Waals surface area contributed by atoms with Gasteiger partial charge in [0.25, 0.3) is 5.56 Å². The molecule has 1 N–H and O–H groups in total. The van der Waals surface area contributed by atoms with Crippen LogP contribution in [0.1, 0.15) is 12.8 Å². The molecule has 1 saturated heterocycles. The Kier molecular flexibility index (Phi) is 3.75. The van der Waals surface area contributed by atoms with E-state index in [1.165, 1.54) is 11.1 Å². The van der Waals surface area contributed by atoms with Crippen molar-refractivity contribution in [3.05, 3.63) is 34.6 Å². The number of nitrogens with one attached hydrogen (secondary N) is 1. The van der Waals surface area contributed by atoms with Gasteiger partial charge in [0.05, 0.1) is 12.1 Å². The van der Waals surface area contributed by atoms with Crippen molar-refractivity contribution in [2.75, 3.05) is 20.1 Å². The molecule has 1 aromatic carbocycles. The van der Waals surface area contributed by atoms with Crippen LogP contribution in [0.3, 0.4) is 0 Å². The minimum Gasteiger partial charge on any atom is -0.318 e. The van der Waals surface area contributed by atoms with E-state index in [1.54, 1.807) is 6.07 Å². The van der Waals surface area contributed by atoms with Gasteiger partial charge in [0.15, 0.2) is 0 Å². The Bertz CT molecular complexity index is 653. The van der Waals surface area contributed by atoms with E-state index in [1.807, 2.05) is 25.2 Å². The quantitative estimate of drug-likeness (QED) is 0.875. The van der Waals surface area contributed by atoms with Crippen molar-refractivity contribution < 1.29 is 0 Å². The third-order valence-corrected chi connectivity index (χ3v) is 3.88. The van der Waals surface area contributed by atoms with Crippen LogP contribution in [0, 0.1) is 0 Å². The van der Waals surface area contributed by atoms with Gasteiger partial charge >= 0.3 is 0 Å². The summed E-state index contributed by atoms with van der Waals surface area (Å²) in [4.78, 5) is 14.7. The number of nitrogens with zero attached hydrogens (tertiary/aromatic N) is 4. The summed E-state index contributed by atoms with van der Waals surface area (Å²) in [6, 6.07) is 7.81. The minimum absolute atomic E-state index is 0.0642. The lowest BCUT2D eigenvalue weighted by atomic mass is 10.2. The molecule has 1 fully saturated rings. The highest BCUT2D eigenvalue weighted by Crippen LogP contribution is 2.16. The molecule has 2 heterocycles. The van der Waals surface area contributed by atoms with Crippen molar-refractivity contribution in [2.45, 2.75) is 25.6 Å². The molecule has 1 aliphatic heterocycles. The molecule has 3 rings (SSSR count). The maximum Gasteiger partial charge on any atom is 0.278 e. The standard InChI is InChI=1S/C14H19N5O/c1-15-9-11-5-4-8-18(11)10-19-14(20)12-6-2-3-7-13(12)16-17-19/h2-3,6-7,11,15H,4-5,8-10H2,1H3. The average molecular weight is 273 g/mol. The van der Waals surface area contributed by atoms with Crippen LogP contribution in [0.5, 0.6) is 0 Å². The molecular formula is C14H19N5O. The summed E-state index contributed by atoms with van der Waals surface area (Å²) in [5, 5.41) is 12.0. The van der Waals surface area contributed by atoms with E-state index in [0.29, 0.717) is 23.6 Å². The molecule has 6 heteroatoms. The lowest BCUT2D eigenvalue weighted by molar-refractivity contribution is 0.182. The van der Waals surface area contributed by atoms with Crippen molar-refractivity contribution in [3.63, 3.8) is 0 Å². The summed E-state index contributed by atoms with van der Waals surface area (Å²) in [6.07, 6.45) is 2.33. The van der Waals surface area contributed by atoms with Gasteiger partial charge in [0, 0.05) is 19.1 Å². The van der Waals surface area contributed by atoms with Crippen LogP contribution in [-0.4, -0.2) is 46.1 Å². The zero-order valence-corrected chi connectivity index (χ0v) is 11.6. The predicted molar refractivity (Wildman–Crippen MR) is 77.5 cm³/mol. The summed E-state index contributed by atoms with van der Waals surface area (Å²) in [6.45, 7) is 2.46. The van der Waals surface area contributed by atoms with Crippen LogP contribution in [0.2, 0.25) is 0 Å². The van der Waals surface area contributed by atoms with Gasteiger partial charge in [0.2, 0.25) is 0 Å². The van der Waals surface area contributed by atoms with E-state index in [4.69, 9.17) is 0 Å². The van der Waals surface area contributed by atoms with Gasteiger partial charge in [-0.2, -0.15) is 4.68 Å². The molecule has 6 nitrogen and oxygen atoms in total. The Morgan fingerprint density at radius 3 is 3.10 bits per heavy atom. The SMILES string of the molecule is CNCC1CCCN1Cn1nnc2ccccc2c1=O. The topological polar surface area (TPSA) is 63.1 Å². The maximum atomic E-state index is 12.4. The number of hydrogen-bond donors (Lipinski definition) is 1. The van der Waals surface area contributed by atoms with Crippen molar-refractivity contribution in [1.29, 1.82) is 0 Å². The minimum atomic E-state index is -0.0642. The fourth-order valence-electron chi connectivity index (χ4n) is 2.84. The molecular weight excluding hydrogens is 254 g/mol. The number of aromatic nitrogens is 3. The number of fused-ring (bicyclic) bond motifs is 1. The van der Waals surface area contributed by atoms with E-state index in [2.05, 4.69) is 20.5 Å². The highest BCUT2D eigenvalue weighted by atomic mass is 16.1. The largest absolute Gasteiger partial charge is 0.318 e. The molecule has 2 aromatic rings. The van der Waals surface area contributed by atoms with Gasteiger partial charge in [0.1, 0.15) is 5.52 Å². The predicted octanol–water partition coefficient (Wildman–Crippen LogP) is 0.433. The number of hydrogen-bond acceptors (Lipinski definition) is 5. The number of benzene rings is 1. The third-order valence-electron chi connectivity index (χ3n) is 3.88. The second kappa shape index (κ2) is 5.68. The lowest BCUT2D eigenvalue weighted by Crippen LogP contribution is -2.41. The summed E-state index contributed by atoms with van der Waals surface area (Å²) < 4.78 is 1.47. The zero-order chi connectivity index (χ0) is 13.9. The van der Waals surface area contributed by atoms with Gasteiger partial charge in [-0.3, -0.25) is 9.69 Å². The molecule has 0 radical (unpaired) electrons. The van der Waals surface area contributed by atoms with E-state index < -0.39 is 0 Å². The lowest BCUT2D eigenvalue weighted by Gasteiger charge is -2.23. The number of likely N-dealkylation sites (N-methyl/N-ethyl adjacent to an activating group) is 1. The maximum absolute atomic E-state index is 12.4. The highest BCUT2D eigenvalue weighted by Gasteiger charge is 2.24. The fraction of sp³-hybridized carbons (Fsp3) is 0.500. The fourth-order valence-corrected chi connectivity index (χ4v) is 2.84. The van der Waals surface area contributed by atoms with Crippen molar-refractivity contribution in [1.82, 2.24) is 25.2 Å². The van der Waals surface area contributed by atoms with E-state index in [-0.39, 0.29) is 5.56 Å². The average Bonchev–Trinajstić information content (AvgIpc) is 2.90. The van der Waals surface area contributed by atoms with Gasteiger partial charge in [-0.25, -0.2) is 0 Å². The van der Waals surface area contributed by atoms with Crippen LogP contribution >= 0.6 is 0 Å². The molecule has 1 aliphatic rings. The highest BCUT2D eigenvalue weighted by molar-refractivity contribution is 5.76. The second-order valence-corrected chi connectivity index (χ2v) is 5.22. The first-order chi connectivity index (χ1) is 9.79. The summed E-state index contributed by atoms with van der Waals surface area (Å²) in [5.74, 6) is 0. The first-order valence-electron chi connectivity index (χ1n) is 7.01. The summed E-state index contributed by atoms with van der Waals surface area (Å²) in [5.41, 5.74) is 0.590. The molecule has 1 unspecified atom stereocenters. The normalized spacial score (nSPS) is 19.8. The molecule has 1 atom stereocenters. The molecule has 0 bridgehead atoms. The zero-order valence-electron chi connectivity index (χ0n) is 11.6. The molecule has 106 valence electrons. The molecule has 0 saturated carbocycles. The van der Waals surface area contributed by atoms with Gasteiger partial charge in [-0.1, -0.05) is 17.3 Å². The molecule has 20 heavy (non-hydrogen) atoms. The Balaban J connectivity index is 1.87. The van der Waals surface area contributed by atoms with Crippen molar-refractivity contribution in [3.8, 4) is 0 Å². The molecule has 0 amide bonds. The Hall–Kier alpha value is -1.79. The molecule has 0 spiro atoms. The number of likely N-dealkylation sites (tertiary alicyclic amines) is 1. The Labute approximate surface area is 117 Å². The van der Waals surface area contributed by atoms with Gasteiger partial charge in [-0.15, -0.1) is 5.10 Å². The molecule has 1 aromatic heterocycles. The Morgan fingerprint density at radius 2 is 2.25 bits per heavy atom. The summed E-state index contributed by atoms with van der Waals surface area (Å²) >= 11 is 0. The van der Waals surface area contributed by atoms with E-state index in [9.17, 15) is 4.79 Å². The Morgan fingerprint density at radius 1 is 1.40 bits per heavy atom. The van der Waals surface area contributed by atoms with Crippen LogP contribution in [0.15, 0.2) is 29.1 Å². The van der Waals surface area contributed by atoms with Crippen molar-refractivity contribution >= 4 is 10.9 Å². The van der Waals surface area contributed by atoms with Crippen molar-refractivity contribution in [2.24, 2.45) is 0 Å². The molecule has 0 aliphatic carbocycles. The smallest absolute Gasteiger partial charge is 0.278 e. The van der Waals surface area contributed by atoms with Crippen LogP contribution in [0.4, 0.5) is 0 Å². The second-order valence-electron chi connectivity index (χ2n) is 5.22. The van der Waals surface area contributed by atoms with E-state index in [0.717, 1.165) is 19.5 Å². The van der Waals surface area contributed by atoms with Crippen LogP contribution in [0.25, 0.3) is 10.9 Å². The first kappa shape index (κ1) is 13.2. The van der Waals surface area contributed by atoms with Crippen LogP contribution < -0.4 is 10.9 Å². The monoisotopic (exact) mass is 273 g/mol. The first-order valence-corrected chi connectivity index (χ1v) is 7.01.